The first-order valence-electron chi connectivity index (χ1n) is 8.76. The fraction of sp³-hybridized carbons (Fsp3) is 0.421. The third-order valence-electron chi connectivity index (χ3n) is 4.25. The minimum atomic E-state index is -0.245. The van der Waals surface area contributed by atoms with Crippen LogP contribution in [0.4, 0.5) is 5.13 Å². The second-order valence-corrected chi connectivity index (χ2v) is 7.53. The zero-order chi connectivity index (χ0) is 17.6. The van der Waals surface area contributed by atoms with Gasteiger partial charge in [0.1, 0.15) is 0 Å². The van der Waals surface area contributed by atoms with Crippen molar-refractivity contribution in [3.63, 3.8) is 0 Å². The van der Waals surface area contributed by atoms with Crippen LogP contribution in [0.25, 0.3) is 0 Å². The van der Waals surface area contributed by atoms with E-state index in [0.29, 0.717) is 10.7 Å². The monoisotopic (exact) mass is 357 g/mol. The number of carbonyl (C=O) groups excluding carboxylic acids is 2. The summed E-state index contributed by atoms with van der Waals surface area (Å²) in [5, 5.41) is 6.41. The number of nitrogens with zero attached hydrogens (tertiary/aromatic N) is 1. The molecule has 1 aromatic carbocycles. The van der Waals surface area contributed by atoms with Crippen molar-refractivity contribution in [3.05, 3.63) is 46.5 Å². The minimum Gasteiger partial charge on any atom is -0.349 e. The summed E-state index contributed by atoms with van der Waals surface area (Å²) in [7, 11) is 0. The molecule has 1 aliphatic carbocycles. The van der Waals surface area contributed by atoms with Crippen LogP contribution in [0.15, 0.2) is 30.3 Å². The maximum absolute atomic E-state index is 12.2. The number of nitrogens with one attached hydrogen (secondary N) is 2. The zero-order valence-electron chi connectivity index (χ0n) is 14.4. The number of hydrogen-bond donors (Lipinski definition) is 2. The van der Waals surface area contributed by atoms with Crippen molar-refractivity contribution in [3.8, 4) is 0 Å². The Kier molecular flexibility index (Phi) is 5.81. The number of rotatable bonds is 5. The smallest absolute Gasteiger partial charge is 0.251 e. The third kappa shape index (κ3) is 4.89. The molecule has 0 radical (unpaired) electrons. The lowest BCUT2D eigenvalue weighted by Crippen LogP contribution is -2.35. The van der Waals surface area contributed by atoms with Crippen molar-refractivity contribution in [2.75, 3.05) is 5.32 Å². The van der Waals surface area contributed by atoms with E-state index < -0.39 is 0 Å². The maximum atomic E-state index is 12.2. The first kappa shape index (κ1) is 17.6. The number of hydrogen-bond acceptors (Lipinski definition) is 4. The van der Waals surface area contributed by atoms with Crippen LogP contribution in [-0.2, 0) is 17.6 Å². The number of thiazole rings is 1. The van der Waals surface area contributed by atoms with Crippen molar-refractivity contribution >= 4 is 28.3 Å². The minimum absolute atomic E-state index is 0.121. The van der Waals surface area contributed by atoms with Gasteiger partial charge in [0.2, 0.25) is 5.91 Å². The lowest BCUT2D eigenvalue weighted by Gasteiger charge is -2.13. The van der Waals surface area contributed by atoms with E-state index in [-0.39, 0.29) is 24.3 Å². The molecular formula is C19H23N3O2S. The van der Waals surface area contributed by atoms with Gasteiger partial charge >= 0.3 is 0 Å². The fourth-order valence-electron chi connectivity index (χ4n) is 2.98. The van der Waals surface area contributed by atoms with Gasteiger partial charge < -0.3 is 10.6 Å². The van der Waals surface area contributed by atoms with Crippen molar-refractivity contribution in [1.29, 1.82) is 0 Å². The lowest BCUT2D eigenvalue weighted by atomic mass is 10.1. The average Bonchev–Trinajstić information content (AvgIpc) is 2.83. The highest BCUT2D eigenvalue weighted by Gasteiger charge is 2.17. The lowest BCUT2D eigenvalue weighted by molar-refractivity contribution is -0.116. The standard InChI is InChI=1S/C19H23N3O2S/c1-13(20-18(24)14-8-4-2-5-9-14)12-17(23)22-19-21-15-10-6-3-7-11-16(15)25-19/h2,4-5,8-9,13H,3,6-7,10-12H2,1H3,(H,20,24)(H,21,22,23). The average molecular weight is 357 g/mol. The van der Waals surface area contributed by atoms with Crippen LogP contribution in [0.3, 0.4) is 0 Å². The van der Waals surface area contributed by atoms with Crippen molar-refractivity contribution in [2.24, 2.45) is 0 Å². The van der Waals surface area contributed by atoms with E-state index in [4.69, 9.17) is 0 Å². The molecule has 3 rings (SSSR count). The second kappa shape index (κ2) is 8.25. The molecule has 2 amide bonds. The van der Waals surface area contributed by atoms with Gasteiger partial charge in [-0.05, 0) is 44.7 Å². The van der Waals surface area contributed by atoms with Gasteiger partial charge in [0, 0.05) is 22.9 Å². The van der Waals surface area contributed by atoms with Crippen LogP contribution in [0.1, 0.15) is 53.5 Å². The van der Waals surface area contributed by atoms with Crippen LogP contribution >= 0.6 is 11.3 Å². The third-order valence-corrected chi connectivity index (χ3v) is 5.32. The number of carbonyl (C=O) groups is 2. The molecule has 2 N–H and O–H groups in total. The van der Waals surface area contributed by atoms with E-state index in [1.54, 1.807) is 23.5 Å². The molecule has 5 nitrogen and oxygen atoms in total. The van der Waals surface area contributed by atoms with E-state index in [9.17, 15) is 9.59 Å². The van der Waals surface area contributed by atoms with Gasteiger partial charge in [-0.15, -0.1) is 11.3 Å². The molecule has 1 atom stereocenters. The summed E-state index contributed by atoms with van der Waals surface area (Å²) in [6.45, 7) is 1.83. The largest absolute Gasteiger partial charge is 0.349 e. The molecule has 0 saturated heterocycles. The highest BCUT2D eigenvalue weighted by atomic mass is 32.1. The van der Waals surface area contributed by atoms with Crippen LogP contribution in [0, 0.1) is 0 Å². The fourth-order valence-corrected chi connectivity index (χ4v) is 4.04. The SMILES string of the molecule is CC(CC(=O)Nc1nc2c(s1)CCCCC2)NC(=O)c1ccccc1. The molecule has 1 unspecified atom stereocenters. The molecule has 132 valence electrons. The molecule has 0 bridgehead atoms. The molecule has 2 aromatic rings. The van der Waals surface area contributed by atoms with Gasteiger partial charge in [0.15, 0.2) is 5.13 Å². The zero-order valence-corrected chi connectivity index (χ0v) is 15.2. The molecule has 1 heterocycles. The molecule has 6 heteroatoms. The Labute approximate surface area is 151 Å². The number of fused-ring (bicyclic) bond motifs is 1. The number of aryl methyl sites for hydroxylation is 2. The molecule has 1 aromatic heterocycles. The Morgan fingerprint density at radius 2 is 1.92 bits per heavy atom. The molecule has 25 heavy (non-hydrogen) atoms. The predicted molar refractivity (Wildman–Crippen MR) is 100.0 cm³/mol. The Morgan fingerprint density at radius 3 is 2.72 bits per heavy atom. The quantitative estimate of drug-likeness (QED) is 0.804. The maximum Gasteiger partial charge on any atom is 0.251 e. The Balaban J connectivity index is 1.51. The van der Waals surface area contributed by atoms with Crippen molar-refractivity contribution in [2.45, 2.75) is 51.5 Å². The van der Waals surface area contributed by atoms with E-state index in [2.05, 4.69) is 15.6 Å². The highest BCUT2D eigenvalue weighted by Crippen LogP contribution is 2.28. The summed E-state index contributed by atoms with van der Waals surface area (Å²) >= 11 is 1.58. The topological polar surface area (TPSA) is 71.1 Å². The van der Waals surface area contributed by atoms with E-state index >= 15 is 0 Å². The van der Waals surface area contributed by atoms with Crippen LogP contribution < -0.4 is 10.6 Å². The van der Waals surface area contributed by atoms with Crippen LogP contribution in [0.2, 0.25) is 0 Å². The summed E-state index contributed by atoms with van der Waals surface area (Å²) < 4.78 is 0. The number of aromatic nitrogens is 1. The summed E-state index contributed by atoms with van der Waals surface area (Å²) in [6.07, 6.45) is 5.92. The summed E-state index contributed by atoms with van der Waals surface area (Å²) in [6, 6.07) is 8.77. The number of anilines is 1. The second-order valence-electron chi connectivity index (χ2n) is 6.44. The van der Waals surface area contributed by atoms with Crippen LogP contribution in [0.5, 0.6) is 0 Å². The molecule has 0 aliphatic heterocycles. The van der Waals surface area contributed by atoms with E-state index in [1.807, 2.05) is 25.1 Å². The first-order valence-corrected chi connectivity index (χ1v) is 9.58. The Hall–Kier alpha value is -2.21. The van der Waals surface area contributed by atoms with Gasteiger partial charge in [-0.3, -0.25) is 9.59 Å². The summed E-state index contributed by atoms with van der Waals surface area (Å²) in [4.78, 5) is 30.2. The summed E-state index contributed by atoms with van der Waals surface area (Å²) in [5.74, 6) is -0.286. The number of benzene rings is 1. The van der Waals surface area contributed by atoms with E-state index in [0.717, 1.165) is 18.5 Å². The summed E-state index contributed by atoms with van der Waals surface area (Å²) in [5.41, 5.74) is 1.74. The van der Waals surface area contributed by atoms with Gasteiger partial charge in [-0.1, -0.05) is 24.6 Å². The van der Waals surface area contributed by atoms with Gasteiger partial charge in [-0.2, -0.15) is 0 Å². The number of amides is 2. The Bertz CT molecular complexity index is 719. The van der Waals surface area contributed by atoms with Crippen LogP contribution in [-0.4, -0.2) is 22.8 Å². The van der Waals surface area contributed by atoms with Gasteiger partial charge in [0.25, 0.3) is 5.91 Å². The predicted octanol–water partition coefficient (Wildman–Crippen LogP) is 3.56. The first-order chi connectivity index (χ1) is 12.1. The normalized spacial score (nSPS) is 14.9. The van der Waals surface area contributed by atoms with Gasteiger partial charge in [-0.25, -0.2) is 4.98 Å². The Morgan fingerprint density at radius 1 is 1.16 bits per heavy atom. The molecule has 1 aliphatic rings. The van der Waals surface area contributed by atoms with Crippen molar-refractivity contribution in [1.82, 2.24) is 10.3 Å². The van der Waals surface area contributed by atoms with E-state index in [1.165, 1.54) is 24.1 Å². The molecule has 0 fully saturated rings. The van der Waals surface area contributed by atoms with Crippen molar-refractivity contribution < 1.29 is 9.59 Å². The molecule has 0 spiro atoms. The van der Waals surface area contributed by atoms with Gasteiger partial charge in [0.05, 0.1) is 5.69 Å². The molecule has 0 saturated carbocycles. The molecular weight excluding hydrogens is 334 g/mol. The highest BCUT2D eigenvalue weighted by molar-refractivity contribution is 7.15.